The van der Waals surface area contributed by atoms with Gasteiger partial charge in [0.2, 0.25) is 0 Å². The third-order valence-electron chi connectivity index (χ3n) is 2.71. The predicted molar refractivity (Wildman–Crippen MR) is 61.2 cm³/mol. The fourth-order valence-corrected chi connectivity index (χ4v) is 2.21. The molecule has 3 heteroatoms. The minimum atomic E-state index is 0.593. The Morgan fingerprint density at radius 2 is 2.43 bits per heavy atom. The van der Waals surface area contributed by atoms with E-state index in [-0.39, 0.29) is 0 Å². The van der Waals surface area contributed by atoms with Crippen LogP contribution in [0, 0.1) is 0 Å². The molecule has 1 atom stereocenters. The van der Waals surface area contributed by atoms with Gasteiger partial charge in [0.05, 0.1) is 0 Å². The molecule has 76 valence electrons. The molecular weight excluding hydrogens is 196 g/mol. The minimum Gasteiger partial charge on any atom is -0.385 e. The summed E-state index contributed by atoms with van der Waals surface area (Å²) >= 11 is 5.99. The molecule has 1 heterocycles. The third-order valence-corrected chi connectivity index (χ3v) is 2.95. The van der Waals surface area contributed by atoms with E-state index in [0.717, 1.165) is 18.1 Å². The number of anilines is 1. The van der Waals surface area contributed by atoms with Crippen molar-refractivity contribution in [1.29, 1.82) is 0 Å². The summed E-state index contributed by atoms with van der Waals surface area (Å²) in [5.41, 5.74) is 2.58. The first-order valence-corrected chi connectivity index (χ1v) is 5.37. The molecule has 0 saturated carbocycles. The zero-order chi connectivity index (χ0) is 9.97. The van der Waals surface area contributed by atoms with Gasteiger partial charge in [0.25, 0.3) is 0 Å². The van der Waals surface area contributed by atoms with Gasteiger partial charge in [-0.2, -0.15) is 0 Å². The Hall–Kier alpha value is -0.730. The Bertz CT molecular complexity index is 325. The van der Waals surface area contributed by atoms with E-state index in [1.54, 1.807) is 0 Å². The van der Waals surface area contributed by atoms with Crippen LogP contribution >= 0.6 is 11.6 Å². The number of hydrogen-bond acceptors (Lipinski definition) is 2. The maximum Gasteiger partial charge on any atom is 0.0410 e. The Morgan fingerprint density at radius 3 is 3.21 bits per heavy atom. The highest BCUT2D eigenvalue weighted by Crippen LogP contribution is 2.32. The summed E-state index contributed by atoms with van der Waals surface area (Å²) in [4.78, 5) is 0. The van der Waals surface area contributed by atoms with E-state index >= 15 is 0 Å². The smallest absolute Gasteiger partial charge is 0.0410 e. The minimum absolute atomic E-state index is 0.593. The summed E-state index contributed by atoms with van der Waals surface area (Å²) in [5, 5.41) is 7.45. The number of likely N-dealkylation sites (N-methyl/N-ethyl adjacent to an activating group) is 1. The zero-order valence-electron chi connectivity index (χ0n) is 8.31. The van der Waals surface area contributed by atoms with E-state index in [2.05, 4.69) is 22.8 Å². The van der Waals surface area contributed by atoms with E-state index in [1.807, 2.05) is 13.1 Å². The van der Waals surface area contributed by atoms with E-state index in [1.165, 1.54) is 17.7 Å². The van der Waals surface area contributed by atoms with Crippen molar-refractivity contribution in [2.75, 3.05) is 25.5 Å². The summed E-state index contributed by atoms with van der Waals surface area (Å²) in [5.74, 6) is 0.593. The largest absolute Gasteiger partial charge is 0.385 e. The lowest BCUT2D eigenvalue weighted by atomic mass is 9.91. The molecule has 2 N–H and O–H groups in total. The highest BCUT2D eigenvalue weighted by molar-refractivity contribution is 6.30. The molecular formula is C11H15ClN2. The Balaban J connectivity index is 2.32. The Labute approximate surface area is 89.7 Å². The summed E-state index contributed by atoms with van der Waals surface area (Å²) < 4.78 is 0. The normalized spacial score (nSPS) is 20.0. The number of benzene rings is 1. The van der Waals surface area contributed by atoms with Crippen LogP contribution in [0.1, 0.15) is 17.9 Å². The van der Waals surface area contributed by atoms with Crippen LogP contribution < -0.4 is 10.6 Å². The Morgan fingerprint density at radius 1 is 1.57 bits per heavy atom. The highest BCUT2D eigenvalue weighted by atomic mass is 35.5. The first-order valence-electron chi connectivity index (χ1n) is 4.99. The van der Waals surface area contributed by atoms with Crippen molar-refractivity contribution < 1.29 is 0 Å². The number of rotatable bonds is 2. The fourth-order valence-electron chi connectivity index (χ4n) is 2.03. The average Bonchev–Trinajstić information content (AvgIpc) is 2.19. The second-order valence-electron chi connectivity index (χ2n) is 3.70. The van der Waals surface area contributed by atoms with Crippen molar-refractivity contribution in [2.24, 2.45) is 0 Å². The van der Waals surface area contributed by atoms with Crippen LogP contribution in [0.15, 0.2) is 18.2 Å². The van der Waals surface area contributed by atoms with E-state index < -0.39 is 0 Å². The van der Waals surface area contributed by atoms with Gasteiger partial charge in [0, 0.05) is 29.7 Å². The summed E-state index contributed by atoms with van der Waals surface area (Å²) in [6.45, 7) is 2.08. The molecule has 0 fully saturated rings. The number of hydrogen-bond donors (Lipinski definition) is 2. The van der Waals surface area contributed by atoms with Gasteiger partial charge in [-0.1, -0.05) is 11.6 Å². The van der Waals surface area contributed by atoms with Gasteiger partial charge < -0.3 is 10.6 Å². The van der Waals surface area contributed by atoms with Crippen molar-refractivity contribution in [1.82, 2.24) is 5.32 Å². The van der Waals surface area contributed by atoms with Crippen LogP contribution in [-0.4, -0.2) is 20.1 Å². The van der Waals surface area contributed by atoms with Gasteiger partial charge in [-0.25, -0.2) is 0 Å². The number of fused-ring (bicyclic) bond motifs is 1. The number of nitrogens with one attached hydrogen (secondary N) is 2. The standard InChI is InChI=1S/C11H15ClN2/c1-13-7-8-4-5-14-11-3-2-9(12)6-10(8)11/h2-3,6,8,13-14H,4-5,7H2,1H3. The fraction of sp³-hybridized carbons (Fsp3) is 0.455. The van der Waals surface area contributed by atoms with Crippen molar-refractivity contribution >= 4 is 17.3 Å². The molecule has 0 spiro atoms. The molecule has 2 nitrogen and oxygen atoms in total. The molecule has 14 heavy (non-hydrogen) atoms. The molecule has 0 aliphatic carbocycles. The second kappa shape index (κ2) is 4.20. The van der Waals surface area contributed by atoms with Crippen LogP contribution in [0.4, 0.5) is 5.69 Å². The van der Waals surface area contributed by atoms with Crippen molar-refractivity contribution in [3.63, 3.8) is 0 Å². The van der Waals surface area contributed by atoms with Gasteiger partial charge in [-0.3, -0.25) is 0 Å². The molecule has 1 aromatic rings. The molecule has 0 radical (unpaired) electrons. The van der Waals surface area contributed by atoms with Crippen molar-refractivity contribution in [2.45, 2.75) is 12.3 Å². The van der Waals surface area contributed by atoms with Gasteiger partial charge in [-0.15, -0.1) is 0 Å². The van der Waals surface area contributed by atoms with Crippen LogP contribution in [0.3, 0.4) is 0 Å². The van der Waals surface area contributed by atoms with Crippen LogP contribution in [0.25, 0.3) is 0 Å². The van der Waals surface area contributed by atoms with E-state index in [4.69, 9.17) is 11.6 Å². The van der Waals surface area contributed by atoms with Gasteiger partial charge in [-0.05, 0) is 37.2 Å². The quantitative estimate of drug-likeness (QED) is 0.784. The summed E-state index contributed by atoms with van der Waals surface area (Å²) in [7, 11) is 1.99. The van der Waals surface area contributed by atoms with Gasteiger partial charge in [0.15, 0.2) is 0 Å². The van der Waals surface area contributed by atoms with Gasteiger partial charge in [0.1, 0.15) is 0 Å². The van der Waals surface area contributed by atoms with Crippen molar-refractivity contribution in [3.05, 3.63) is 28.8 Å². The molecule has 1 aliphatic heterocycles. The van der Waals surface area contributed by atoms with E-state index in [0.29, 0.717) is 5.92 Å². The van der Waals surface area contributed by atoms with Crippen LogP contribution in [0.5, 0.6) is 0 Å². The van der Waals surface area contributed by atoms with E-state index in [9.17, 15) is 0 Å². The lowest BCUT2D eigenvalue weighted by Crippen LogP contribution is -2.24. The molecule has 0 saturated heterocycles. The molecule has 2 rings (SSSR count). The van der Waals surface area contributed by atoms with Crippen LogP contribution in [-0.2, 0) is 0 Å². The lowest BCUT2D eigenvalue weighted by molar-refractivity contribution is 0.586. The second-order valence-corrected chi connectivity index (χ2v) is 4.14. The number of halogens is 1. The summed E-state index contributed by atoms with van der Waals surface area (Å²) in [6, 6.07) is 6.08. The van der Waals surface area contributed by atoms with Gasteiger partial charge >= 0.3 is 0 Å². The maximum absolute atomic E-state index is 5.99. The van der Waals surface area contributed by atoms with Crippen LogP contribution in [0.2, 0.25) is 5.02 Å². The maximum atomic E-state index is 5.99. The topological polar surface area (TPSA) is 24.1 Å². The molecule has 1 aliphatic rings. The first-order chi connectivity index (χ1) is 6.81. The molecule has 1 unspecified atom stereocenters. The average molecular weight is 211 g/mol. The zero-order valence-corrected chi connectivity index (χ0v) is 9.06. The molecule has 0 bridgehead atoms. The Kier molecular flexibility index (Phi) is 2.94. The predicted octanol–water partition coefficient (Wildman–Crippen LogP) is 2.46. The molecule has 0 amide bonds. The molecule has 0 aromatic heterocycles. The lowest BCUT2D eigenvalue weighted by Gasteiger charge is -2.26. The summed E-state index contributed by atoms with van der Waals surface area (Å²) in [6.07, 6.45) is 1.17. The van der Waals surface area contributed by atoms with Crippen molar-refractivity contribution in [3.8, 4) is 0 Å². The third kappa shape index (κ3) is 1.86. The first kappa shape index (κ1) is 9.81. The monoisotopic (exact) mass is 210 g/mol. The highest BCUT2D eigenvalue weighted by Gasteiger charge is 2.19. The SMILES string of the molecule is CNCC1CCNc2ccc(Cl)cc21. The molecule has 1 aromatic carbocycles.